The molecule has 0 bridgehead atoms. The van der Waals surface area contributed by atoms with Gasteiger partial charge in [-0.3, -0.25) is 0 Å². The highest BCUT2D eigenvalue weighted by atomic mass is 14.4. The Morgan fingerprint density at radius 1 is 0.593 bits per heavy atom. The largest absolute Gasteiger partial charge is 0.0622 e. The van der Waals surface area contributed by atoms with Crippen molar-refractivity contribution < 1.29 is 0 Å². The Bertz CT molecular complexity index is 1120. The monoisotopic (exact) mass is 346 g/mol. The Morgan fingerprint density at radius 3 is 2.04 bits per heavy atom. The molecule has 1 atom stereocenters. The smallest absolute Gasteiger partial charge is 0.0435 e. The minimum absolute atomic E-state index is 0.136. The fraction of sp³-hybridized carbons (Fsp3) is 0.111. The molecule has 1 unspecified atom stereocenters. The normalized spacial score (nSPS) is 17.4. The summed E-state index contributed by atoms with van der Waals surface area (Å²) in [6, 6.07) is 35.3. The van der Waals surface area contributed by atoms with Crippen molar-refractivity contribution in [2.75, 3.05) is 0 Å². The van der Waals surface area contributed by atoms with Gasteiger partial charge in [-0.1, -0.05) is 91.0 Å². The summed E-state index contributed by atoms with van der Waals surface area (Å²) in [5.74, 6) is 0. The molecule has 0 heteroatoms. The minimum Gasteiger partial charge on any atom is -0.0622 e. The van der Waals surface area contributed by atoms with Crippen LogP contribution in [0.25, 0.3) is 22.3 Å². The molecule has 0 aliphatic heterocycles. The third-order valence-corrected chi connectivity index (χ3v) is 6.10. The highest BCUT2D eigenvalue weighted by Crippen LogP contribution is 2.53. The quantitative estimate of drug-likeness (QED) is 0.367. The predicted octanol–water partition coefficient (Wildman–Crippen LogP) is 7.00. The van der Waals surface area contributed by atoms with Crippen LogP contribution in [0.5, 0.6) is 0 Å². The van der Waals surface area contributed by atoms with E-state index in [0.29, 0.717) is 0 Å². The first-order valence-corrected chi connectivity index (χ1v) is 9.55. The summed E-state index contributed by atoms with van der Waals surface area (Å²) in [5.41, 5.74) is 10.7. The standard InChI is InChI=1S/C27H22/c1-19-10-9-15-24-26(19)23-17-16-21(20-11-5-3-6-12-20)18-25(23)27(24,2)22-13-7-4-8-14-22/h3-18H,1-2H3. The van der Waals surface area contributed by atoms with E-state index < -0.39 is 0 Å². The van der Waals surface area contributed by atoms with Gasteiger partial charge in [0.1, 0.15) is 0 Å². The summed E-state index contributed by atoms with van der Waals surface area (Å²) >= 11 is 0. The van der Waals surface area contributed by atoms with Crippen LogP contribution in [-0.2, 0) is 5.41 Å². The van der Waals surface area contributed by atoms with Crippen molar-refractivity contribution in [2.45, 2.75) is 19.3 Å². The summed E-state index contributed by atoms with van der Waals surface area (Å²) in [6.07, 6.45) is 0. The van der Waals surface area contributed by atoms with Gasteiger partial charge in [0, 0.05) is 5.41 Å². The van der Waals surface area contributed by atoms with Crippen LogP contribution in [0.15, 0.2) is 97.1 Å². The molecule has 0 amide bonds. The molecule has 0 N–H and O–H groups in total. The van der Waals surface area contributed by atoms with Gasteiger partial charge in [0.2, 0.25) is 0 Å². The minimum atomic E-state index is -0.136. The van der Waals surface area contributed by atoms with Crippen LogP contribution < -0.4 is 0 Å². The average molecular weight is 346 g/mol. The fourth-order valence-electron chi connectivity index (χ4n) is 4.66. The number of hydrogen-bond donors (Lipinski definition) is 0. The van der Waals surface area contributed by atoms with E-state index in [-0.39, 0.29) is 5.41 Å². The van der Waals surface area contributed by atoms with Crippen LogP contribution in [-0.4, -0.2) is 0 Å². The number of benzene rings is 4. The molecular weight excluding hydrogens is 324 g/mol. The van der Waals surface area contributed by atoms with Crippen molar-refractivity contribution in [1.82, 2.24) is 0 Å². The van der Waals surface area contributed by atoms with Gasteiger partial charge in [-0.2, -0.15) is 0 Å². The molecule has 5 rings (SSSR count). The Labute approximate surface area is 161 Å². The molecule has 0 radical (unpaired) electrons. The molecule has 130 valence electrons. The molecule has 0 spiro atoms. The zero-order valence-corrected chi connectivity index (χ0v) is 15.7. The number of rotatable bonds is 2. The van der Waals surface area contributed by atoms with Gasteiger partial charge in [-0.05, 0) is 64.4 Å². The molecule has 0 aromatic heterocycles. The predicted molar refractivity (Wildman–Crippen MR) is 114 cm³/mol. The number of aryl methyl sites for hydroxylation is 1. The lowest BCUT2D eigenvalue weighted by atomic mass is 9.74. The van der Waals surface area contributed by atoms with Crippen molar-refractivity contribution >= 4 is 0 Å². The molecule has 4 aromatic rings. The molecule has 4 aromatic carbocycles. The van der Waals surface area contributed by atoms with Gasteiger partial charge < -0.3 is 0 Å². The fourth-order valence-corrected chi connectivity index (χ4v) is 4.66. The van der Waals surface area contributed by atoms with Crippen molar-refractivity contribution in [3.05, 3.63) is 119 Å². The SMILES string of the molecule is Cc1cccc2c1-c1ccc(-c3ccccc3)cc1C2(C)c1ccccc1. The van der Waals surface area contributed by atoms with E-state index in [0.717, 1.165) is 0 Å². The summed E-state index contributed by atoms with van der Waals surface area (Å²) in [4.78, 5) is 0. The van der Waals surface area contributed by atoms with Crippen LogP contribution in [0.4, 0.5) is 0 Å². The van der Waals surface area contributed by atoms with Crippen LogP contribution in [0, 0.1) is 6.92 Å². The van der Waals surface area contributed by atoms with Gasteiger partial charge in [-0.25, -0.2) is 0 Å². The number of fused-ring (bicyclic) bond motifs is 3. The lowest BCUT2D eigenvalue weighted by molar-refractivity contribution is 0.714. The van der Waals surface area contributed by atoms with E-state index >= 15 is 0 Å². The first-order chi connectivity index (χ1) is 13.2. The van der Waals surface area contributed by atoms with Crippen molar-refractivity contribution in [3.63, 3.8) is 0 Å². The lowest BCUT2D eigenvalue weighted by Crippen LogP contribution is -2.22. The van der Waals surface area contributed by atoms with Gasteiger partial charge in [0.25, 0.3) is 0 Å². The summed E-state index contributed by atoms with van der Waals surface area (Å²) in [5, 5.41) is 0. The zero-order chi connectivity index (χ0) is 18.4. The maximum atomic E-state index is 2.40. The molecule has 0 nitrogen and oxygen atoms in total. The van der Waals surface area contributed by atoms with E-state index in [1.54, 1.807) is 0 Å². The van der Waals surface area contributed by atoms with E-state index in [4.69, 9.17) is 0 Å². The van der Waals surface area contributed by atoms with Crippen LogP contribution >= 0.6 is 0 Å². The molecule has 0 heterocycles. The Kier molecular flexibility index (Phi) is 3.55. The van der Waals surface area contributed by atoms with Gasteiger partial charge >= 0.3 is 0 Å². The van der Waals surface area contributed by atoms with Crippen molar-refractivity contribution in [1.29, 1.82) is 0 Å². The Balaban J connectivity index is 1.83. The zero-order valence-electron chi connectivity index (χ0n) is 15.7. The van der Waals surface area contributed by atoms with Crippen LogP contribution in [0.1, 0.15) is 29.2 Å². The highest BCUT2D eigenvalue weighted by Gasteiger charge is 2.41. The van der Waals surface area contributed by atoms with E-state index in [9.17, 15) is 0 Å². The van der Waals surface area contributed by atoms with E-state index in [1.807, 2.05) is 0 Å². The first kappa shape index (κ1) is 16.1. The Morgan fingerprint density at radius 2 is 1.30 bits per heavy atom. The molecule has 1 aliphatic carbocycles. The Hall–Kier alpha value is -3.12. The molecule has 0 saturated heterocycles. The third-order valence-electron chi connectivity index (χ3n) is 6.10. The van der Waals surface area contributed by atoms with Gasteiger partial charge in [0.15, 0.2) is 0 Å². The summed E-state index contributed by atoms with van der Waals surface area (Å²) < 4.78 is 0. The maximum absolute atomic E-state index is 2.40. The van der Waals surface area contributed by atoms with E-state index in [2.05, 4.69) is 111 Å². The van der Waals surface area contributed by atoms with Crippen LogP contribution in [0.3, 0.4) is 0 Å². The summed E-state index contributed by atoms with van der Waals surface area (Å²) in [6.45, 7) is 4.60. The van der Waals surface area contributed by atoms with Crippen molar-refractivity contribution in [3.8, 4) is 22.3 Å². The number of hydrogen-bond acceptors (Lipinski definition) is 0. The molecule has 0 saturated carbocycles. The highest BCUT2D eigenvalue weighted by molar-refractivity contribution is 5.87. The van der Waals surface area contributed by atoms with Gasteiger partial charge in [0.05, 0.1) is 0 Å². The average Bonchev–Trinajstić information content (AvgIpc) is 3.00. The first-order valence-electron chi connectivity index (χ1n) is 9.55. The second kappa shape index (κ2) is 5.96. The lowest BCUT2D eigenvalue weighted by Gasteiger charge is -2.28. The molecule has 27 heavy (non-hydrogen) atoms. The molecule has 1 aliphatic rings. The van der Waals surface area contributed by atoms with E-state index in [1.165, 1.54) is 44.5 Å². The van der Waals surface area contributed by atoms with Gasteiger partial charge in [-0.15, -0.1) is 0 Å². The summed E-state index contributed by atoms with van der Waals surface area (Å²) in [7, 11) is 0. The second-order valence-corrected chi connectivity index (χ2v) is 7.61. The third kappa shape index (κ3) is 2.30. The topological polar surface area (TPSA) is 0 Å². The van der Waals surface area contributed by atoms with Crippen LogP contribution in [0.2, 0.25) is 0 Å². The second-order valence-electron chi connectivity index (χ2n) is 7.61. The van der Waals surface area contributed by atoms with Crippen molar-refractivity contribution in [2.24, 2.45) is 0 Å². The molecule has 0 fully saturated rings. The molecular formula is C27H22. The maximum Gasteiger partial charge on any atom is 0.0435 e.